The third-order valence-corrected chi connectivity index (χ3v) is 2.86. The van der Waals surface area contributed by atoms with Crippen LogP contribution in [0.5, 0.6) is 0 Å². The van der Waals surface area contributed by atoms with Gasteiger partial charge in [0, 0.05) is 48.0 Å². The van der Waals surface area contributed by atoms with Gasteiger partial charge in [-0.2, -0.15) is 0 Å². The molecule has 2 aromatic heterocycles. The lowest BCUT2D eigenvalue weighted by atomic mass is 10.1. The second-order valence-electron chi connectivity index (χ2n) is 4.11. The van der Waals surface area contributed by atoms with Crippen LogP contribution in [0.1, 0.15) is 0 Å². The summed E-state index contributed by atoms with van der Waals surface area (Å²) in [6.07, 6.45) is 5.39. The Morgan fingerprint density at radius 2 is 2.28 bits per heavy atom. The van der Waals surface area contributed by atoms with Gasteiger partial charge >= 0.3 is 0 Å². The molecule has 0 fully saturated rings. The molecule has 0 atom stereocenters. The van der Waals surface area contributed by atoms with E-state index in [1.807, 2.05) is 24.0 Å². The van der Waals surface area contributed by atoms with Crippen LogP contribution in [-0.2, 0) is 7.05 Å². The fourth-order valence-corrected chi connectivity index (χ4v) is 1.99. The number of aryl methyl sites for hydroxylation is 1. The minimum absolute atomic E-state index is 0.0827. The summed E-state index contributed by atoms with van der Waals surface area (Å²) in [4.78, 5) is 17.7. The van der Waals surface area contributed by atoms with E-state index in [-0.39, 0.29) is 5.69 Å². The topological polar surface area (TPSA) is 76.8 Å². The van der Waals surface area contributed by atoms with E-state index in [0.717, 1.165) is 22.2 Å². The molecule has 0 bridgehead atoms. The van der Waals surface area contributed by atoms with Crippen LogP contribution in [0, 0.1) is 10.1 Å². The first-order valence-corrected chi connectivity index (χ1v) is 5.39. The maximum Gasteiger partial charge on any atom is 0.270 e. The predicted octanol–water partition coefficient (Wildman–Crippen LogP) is 2.48. The number of nitrogens with zero attached hydrogens (tertiary/aromatic N) is 3. The van der Waals surface area contributed by atoms with Crippen molar-refractivity contribution >= 4 is 16.6 Å². The van der Waals surface area contributed by atoms with Crippen molar-refractivity contribution in [1.82, 2.24) is 14.5 Å². The highest BCUT2D eigenvalue weighted by Gasteiger charge is 2.12. The SMILES string of the molecule is Cn1cnc(-c2c[nH]c3ccc([N+](=O)[O-])cc23)c1. The van der Waals surface area contributed by atoms with Gasteiger partial charge in [0.25, 0.3) is 5.69 Å². The number of aromatic nitrogens is 3. The Kier molecular flexibility index (Phi) is 2.16. The number of benzene rings is 1. The molecule has 0 aliphatic carbocycles. The molecule has 0 saturated carbocycles. The van der Waals surface area contributed by atoms with Crippen molar-refractivity contribution in [3.05, 3.63) is 47.0 Å². The quantitative estimate of drug-likeness (QED) is 0.554. The zero-order valence-corrected chi connectivity index (χ0v) is 9.62. The number of fused-ring (bicyclic) bond motifs is 1. The number of hydrogen-bond donors (Lipinski definition) is 1. The monoisotopic (exact) mass is 242 g/mol. The van der Waals surface area contributed by atoms with Gasteiger partial charge in [0.1, 0.15) is 0 Å². The molecule has 90 valence electrons. The minimum Gasteiger partial charge on any atom is -0.360 e. The number of nitrogens with one attached hydrogen (secondary N) is 1. The molecule has 0 aliphatic rings. The second-order valence-corrected chi connectivity index (χ2v) is 4.11. The fourth-order valence-electron chi connectivity index (χ4n) is 1.99. The minimum atomic E-state index is -0.394. The molecule has 6 nitrogen and oxygen atoms in total. The van der Waals surface area contributed by atoms with Crippen LogP contribution in [0.3, 0.4) is 0 Å². The first-order chi connectivity index (χ1) is 8.65. The van der Waals surface area contributed by atoms with E-state index in [1.165, 1.54) is 6.07 Å². The highest BCUT2D eigenvalue weighted by molar-refractivity contribution is 5.95. The average Bonchev–Trinajstić information content (AvgIpc) is 2.93. The van der Waals surface area contributed by atoms with E-state index < -0.39 is 4.92 Å². The molecule has 0 radical (unpaired) electrons. The summed E-state index contributed by atoms with van der Waals surface area (Å²) in [5.74, 6) is 0. The molecule has 1 N–H and O–H groups in total. The molecule has 2 heterocycles. The smallest absolute Gasteiger partial charge is 0.270 e. The van der Waals surface area contributed by atoms with Crippen LogP contribution in [0.15, 0.2) is 36.9 Å². The summed E-state index contributed by atoms with van der Waals surface area (Å²) in [6.45, 7) is 0. The number of nitro benzene ring substituents is 1. The zero-order valence-electron chi connectivity index (χ0n) is 9.62. The van der Waals surface area contributed by atoms with Gasteiger partial charge in [0.05, 0.1) is 16.9 Å². The van der Waals surface area contributed by atoms with Gasteiger partial charge in [0.15, 0.2) is 0 Å². The van der Waals surface area contributed by atoms with Crippen LogP contribution >= 0.6 is 0 Å². The van der Waals surface area contributed by atoms with Crippen LogP contribution in [-0.4, -0.2) is 19.5 Å². The van der Waals surface area contributed by atoms with Gasteiger partial charge in [-0.15, -0.1) is 0 Å². The fraction of sp³-hybridized carbons (Fsp3) is 0.0833. The summed E-state index contributed by atoms with van der Waals surface area (Å²) >= 11 is 0. The second kappa shape index (κ2) is 3.69. The molecule has 0 unspecified atom stereocenters. The van der Waals surface area contributed by atoms with Gasteiger partial charge in [-0.05, 0) is 6.07 Å². The van der Waals surface area contributed by atoms with Gasteiger partial charge < -0.3 is 9.55 Å². The first-order valence-electron chi connectivity index (χ1n) is 5.39. The molecule has 3 aromatic rings. The van der Waals surface area contributed by atoms with Crippen molar-refractivity contribution in [2.24, 2.45) is 7.05 Å². The maximum atomic E-state index is 10.8. The lowest BCUT2D eigenvalue weighted by molar-refractivity contribution is -0.384. The normalized spacial score (nSPS) is 10.9. The third kappa shape index (κ3) is 1.55. The number of aromatic amines is 1. The van der Waals surface area contributed by atoms with Gasteiger partial charge in [-0.3, -0.25) is 10.1 Å². The van der Waals surface area contributed by atoms with Gasteiger partial charge in [0.2, 0.25) is 0 Å². The largest absolute Gasteiger partial charge is 0.360 e. The van der Waals surface area contributed by atoms with E-state index in [4.69, 9.17) is 0 Å². The molecule has 0 saturated heterocycles. The Labute approximate surface area is 102 Å². The van der Waals surface area contributed by atoms with E-state index >= 15 is 0 Å². The molecule has 3 rings (SSSR count). The third-order valence-electron chi connectivity index (χ3n) is 2.86. The van der Waals surface area contributed by atoms with Crippen LogP contribution in [0.2, 0.25) is 0 Å². The van der Waals surface area contributed by atoms with E-state index in [9.17, 15) is 10.1 Å². The average molecular weight is 242 g/mol. The van der Waals surface area contributed by atoms with Crippen molar-refractivity contribution in [2.45, 2.75) is 0 Å². The molecular weight excluding hydrogens is 232 g/mol. The Balaban J connectivity index is 2.23. The van der Waals surface area contributed by atoms with Gasteiger partial charge in [-0.1, -0.05) is 0 Å². The molecule has 18 heavy (non-hydrogen) atoms. The van der Waals surface area contributed by atoms with E-state index in [2.05, 4.69) is 9.97 Å². The predicted molar refractivity (Wildman–Crippen MR) is 67.2 cm³/mol. The molecule has 0 amide bonds. The van der Waals surface area contributed by atoms with Crippen molar-refractivity contribution in [3.8, 4) is 11.3 Å². The van der Waals surface area contributed by atoms with Crippen molar-refractivity contribution < 1.29 is 4.92 Å². The summed E-state index contributed by atoms with van der Waals surface area (Å²) in [5.41, 5.74) is 2.61. The molecule has 6 heteroatoms. The zero-order chi connectivity index (χ0) is 12.7. The molecule has 0 spiro atoms. The van der Waals surface area contributed by atoms with E-state index in [0.29, 0.717) is 0 Å². The first kappa shape index (κ1) is 10.5. The number of H-pyrrole nitrogens is 1. The number of rotatable bonds is 2. The summed E-state index contributed by atoms with van der Waals surface area (Å²) in [7, 11) is 1.88. The lowest BCUT2D eigenvalue weighted by Crippen LogP contribution is -1.86. The van der Waals surface area contributed by atoms with E-state index in [1.54, 1.807) is 18.5 Å². The molecular formula is C12H10N4O2. The molecule has 0 aliphatic heterocycles. The molecule has 1 aromatic carbocycles. The lowest BCUT2D eigenvalue weighted by Gasteiger charge is -1.95. The highest BCUT2D eigenvalue weighted by atomic mass is 16.6. The Hall–Kier alpha value is -2.63. The van der Waals surface area contributed by atoms with Gasteiger partial charge in [-0.25, -0.2) is 4.98 Å². The van der Waals surface area contributed by atoms with Crippen molar-refractivity contribution in [1.29, 1.82) is 0 Å². The van der Waals surface area contributed by atoms with Crippen LogP contribution < -0.4 is 0 Å². The van der Waals surface area contributed by atoms with Crippen molar-refractivity contribution in [2.75, 3.05) is 0 Å². The summed E-state index contributed by atoms with van der Waals surface area (Å²) < 4.78 is 1.84. The van der Waals surface area contributed by atoms with Crippen molar-refractivity contribution in [3.63, 3.8) is 0 Å². The summed E-state index contributed by atoms with van der Waals surface area (Å²) in [5, 5.41) is 11.6. The summed E-state index contributed by atoms with van der Waals surface area (Å²) in [6, 6.07) is 4.76. The highest BCUT2D eigenvalue weighted by Crippen LogP contribution is 2.29. The van der Waals surface area contributed by atoms with Crippen LogP contribution in [0.4, 0.5) is 5.69 Å². The Bertz CT molecular complexity index is 741. The Morgan fingerprint density at radius 3 is 2.94 bits per heavy atom. The number of non-ortho nitro benzene ring substituents is 1. The maximum absolute atomic E-state index is 10.8. The Morgan fingerprint density at radius 1 is 1.44 bits per heavy atom. The number of imidazole rings is 1. The number of nitro groups is 1. The standard InChI is InChI=1S/C12H10N4O2/c1-15-6-12(14-7-15)10-5-13-11-3-2-8(16(17)18)4-9(10)11/h2-7,13H,1H3. The van der Waals surface area contributed by atoms with Crippen LogP contribution in [0.25, 0.3) is 22.2 Å². The number of hydrogen-bond acceptors (Lipinski definition) is 3.